The van der Waals surface area contributed by atoms with Gasteiger partial charge in [0.05, 0.1) is 6.04 Å². The van der Waals surface area contributed by atoms with E-state index >= 15 is 0 Å². The molecule has 1 atom stereocenters. The number of nitrogens with one attached hydrogen (secondary N) is 1. The van der Waals surface area contributed by atoms with Crippen LogP contribution in [0.3, 0.4) is 0 Å². The van der Waals surface area contributed by atoms with Gasteiger partial charge in [-0.3, -0.25) is 4.79 Å². The molecule has 1 fully saturated rings. The van der Waals surface area contributed by atoms with Crippen molar-refractivity contribution in [1.82, 2.24) is 5.32 Å². The van der Waals surface area contributed by atoms with Crippen LogP contribution in [0, 0.1) is 17.0 Å². The molecule has 1 aromatic rings. The molecule has 1 aromatic carbocycles. The second-order valence-electron chi connectivity index (χ2n) is 7.65. The molecule has 0 spiro atoms. The first-order valence-electron chi connectivity index (χ1n) is 8.15. The quantitative estimate of drug-likeness (QED) is 0.893. The normalized spacial score (nSPS) is 18.7. The first-order valence-corrected chi connectivity index (χ1v) is 8.15. The Labute approximate surface area is 136 Å². The van der Waals surface area contributed by atoms with Crippen LogP contribution in [0.5, 0.6) is 0 Å². The number of carbonyl (C=O) groups is 1. The average molecular weight is 324 g/mol. The highest BCUT2D eigenvalue weighted by molar-refractivity contribution is 5.82. The van der Waals surface area contributed by atoms with Crippen molar-refractivity contribution < 1.29 is 13.6 Å². The number of halogens is 2. The van der Waals surface area contributed by atoms with E-state index in [9.17, 15) is 13.6 Å². The number of hydrogen-bond acceptors (Lipinski definition) is 2. The van der Waals surface area contributed by atoms with Crippen LogP contribution >= 0.6 is 0 Å². The Morgan fingerprint density at radius 1 is 1.26 bits per heavy atom. The molecule has 0 unspecified atom stereocenters. The van der Waals surface area contributed by atoms with Crippen LogP contribution in [0.25, 0.3) is 0 Å². The van der Waals surface area contributed by atoms with Crippen molar-refractivity contribution in [2.45, 2.75) is 57.9 Å². The molecule has 5 heteroatoms. The summed E-state index contributed by atoms with van der Waals surface area (Å²) in [6, 6.07) is 3.26. The summed E-state index contributed by atoms with van der Waals surface area (Å²) in [4.78, 5) is 12.3. The van der Waals surface area contributed by atoms with Crippen molar-refractivity contribution in [3.05, 3.63) is 35.4 Å². The van der Waals surface area contributed by atoms with Crippen molar-refractivity contribution >= 4 is 5.91 Å². The highest BCUT2D eigenvalue weighted by Gasteiger charge is 2.40. The molecule has 0 bridgehead atoms. The molecule has 0 heterocycles. The molecule has 3 nitrogen and oxygen atoms in total. The van der Waals surface area contributed by atoms with E-state index in [2.05, 4.69) is 5.32 Å². The predicted molar refractivity (Wildman–Crippen MR) is 86.9 cm³/mol. The smallest absolute Gasteiger partial charge is 0.237 e. The van der Waals surface area contributed by atoms with Crippen LogP contribution in [-0.2, 0) is 10.2 Å². The first kappa shape index (κ1) is 17.9. The van der Waals surface area contributed by atoms with Crippen LogP contribution in [0.4, 0.5) is 8.78 Å². The van der Waals surface area contributed by atoms with E-state index in [0.717, 1.165) is 12.8 Å². The average Bonchev–Trinajstić information content (AvgIpc) is 2.92. The Morgan fingerprint density at radius 2 is 1.78 bits per heavy atom. The molecule has 23 heavy (non-hydrogen) atoms. The fraction of sp³-hybridized carbons (Fsp3) is 0.611. The summed E-state index contributed by atoms with van der Waals surface area (Å²) >= 11 is 0. The highest BCUT2D eigenvalue weighted by Crippen LogP contribution is 2.42. The molecule has 0 aromatic heterocycles. The lowest BCUT2D eigenvalue weighted by Crippen LogP contribution is -2.51. The molecular formula is C18H26F2N2O. The van der Waals surface area contributed by atoms with Gasteiger partial charge < -0.3 is 11.1 Å². The zero-order chi connectivity index (χ0) is 17.3. The number of amides is 1. The largest absolute Gasteiger partial charge is 0.354 e. The standard InChI is InChI=1S/C18H26F2N2O/c1-17(2,3)15(21)16(23)22-11-18(9-4-5-10-18)14-12(19)7-6-8-13(14)20/h6-8,15H,4-5,9-11,21H2,1-3H3,(H,22,23)/t15-/m1/s1. The summed E-state index contributed by atoms with van der Waals surface area (Å²) in [5, 5.41) is 2.83. The Bertz CT molecular complexity index is 555. The van der Waals surface area contributed by atoms with Gasteiger partial charge in [-0.25, -0.2) is 8.78 Å². The van der Waals surface area contributed by atoms with Gasteiger partial charge in [0.15, 0.2) is 0 Å². The summed E-state index contributed by atoms with van der Waals surface area (Å²) in [7, 11) is 0. The molecule has 2 rings (SSSR count). The van der Waals surface area contributed by atoms with Crippen LogP contribution in [0.1, 0.15) is 52.0 Å². The van der Waals surface area contributed by atoms with Crippen LogP contribution in [0.15, 0.2) is 18.2 Å². The van der Waals surface area contributed by atoms with Gasteiger partial charge in [0.25, 0.3) is 0 Å². The maximum Gasteiger partial charge on any atom is 0.237 e. The SMILES string of the molecule is CC(C)(C)[C@H](N)C(=O)NCC1(c2c(F)cccc2F)CCCC1. The van der Waals surface area contributed by atoms with E-state index < -0.39 is 23.1 Å². The molecule has 1 saturated carbocycles. The molecular weight excluding hydrogens is 298 g/mol. The van der Waals surface area contributed by atoms with Crippen LogP contribution < -0.4 is 11.1 Å². The van der Waals surface area contributed by atoms with E-state index in [1.165, 1.54) is 18.2 Å². The van der Waals surface area contributed by atoms with E-state index in [-0.39, 0.29) is 23.4 Å². The number of carbonyl (C=O) groups excluding carboxylic acids is 1. The summed E-state index contributed by atoms with van der Waals surface area (Å²) < 4.78 is 28.5. The van der Waals surface area contributed by atoms with E-state index in [0.29, 0.717) is 12.8 Å². The lowest BCUT2D eigenvalue weighted by molar-refractivity contribution is -0.124. The maximum absolute atomic E-state index is 14.2. The molecule has 1 aliphatic rings. The second-order valence-corrected chi connectivity index (χ2v) is 7.65. The first-order chi connectivity index (χ1) is 10.7. The van der Waals surface area contributed by atoms with E-state index in [1.807, 2.05) is 20.8 Å². The summed E-state index contributed by atoms with van der Waals surface area (Å²) in [5.74, 6) is -1.36. The summed E-state index contributed by atoms with van der Waals surface area (Å²) in [5.41, 5.74) is 5.02. The van der Waals surface area contributed by atoms with Crippen LogP contribution in [-0.4, -0.2) is 18.5 Å². The van der Waals surface area contributed by atoms with Crippen LogP contribution in [0.2, 0.25) is 0 Å². The maximum atomic E-state index is 14.2. The lowest BCUT2D eigenvalue weighted by Gasteiger charge is -2.32. The Kier molecular flexibility index (Phi) is 5.09. The fourth-order valence-electron chi connectivity index (χ4n) is 3.33. The van der Waals surface area contributed by atoms with Crippen molar-refractivity contribution in [3.63, 3.8) is 0 Å². The lowest BCUT2D eigenvalue weighted by atomic mass is 9.77. The van der Waals surface area contributed by atoms with E-state index in [1.54, 1.807) is 0 Å². The minimum Gasteiger partial charge on any atom is -0.354 e. The second kappa shape index (κ2) is 6.56. The van der Waals surface area contributed by atoms with Crippen molar-refractivity contribution in [2.75, 3.05) is 6.54 Å². The topological polar surface area (TPSA) is 55.1 Å². The van der Waals surface area contributed by atoms with E-state index in [4.69, 9.17) is 5.73 Å². The third-order valence-corrected chi connectivity index (χ3v) is 4.87. The van der Waals surface area contributed by atoms with Crippen molar-refractivity contribution in [3.8, 4) is 0 Å². The predicted octanol–water partition coefficient (Wildman–Crippen LogP) is 3.27. The number of benzene rings is 1. The summed E-state index contributed by atoms with van der Waals surface area (Å²) in [6.07, 6.45) is 3.12. The van der Waals surface area contributed by atoms with Gasteiger partial charge in [0.1, 0.15) is 11.6 Å². The molecule has 128 valence electrons. The number of hydrogen-bond donors (Lipinski definition) is 2. The molecule has 0 aliphatic heterocycles. The van der Waals surface area contributed by atoms with Gasteiger partial charge in [-0.15, -0.1) is 0 Å². The molecule has 0 radical (unpaired) electrons. The van der Waals surface area contributed by atoms with Crippen molar-refractivity contribution in [1.29, 1.82) is 0 Å². The zero-order valence-electron chi connectivity index (χ0n) is 14.1. The van der Waals surface area contributed by atoms with Gasteiger partial charge in [-0.1, -0.05) is 39.7 Å². The molecule has 1 amide bonds. The fourth-order valence-corrected chi connectivity index (χ4v) is 3.33. The van der Waals surface area contributed by atoms with Gasteiger partial charge >= 0.3 is 0 Å². The third-order valence-electron chi connectivity index (χ3n) is 4.87. The monoisotopic (exact) mass is 324 g/mol. The van der Waals surface area contributed by atoms with Crippen molar-refractivity contribution in [2.24, 2.45) is 11.1 Å². The Morgan fingerprint density at radius 3 is 2.26 bits per heavy atom. The Hall–Kier alpha value is -1.49. The highest BCUT2D eigenvalue weighted by atomic mass is 19.1. The Balaban J connectivity index is 2.22. The number of rotatable bonds is 4. The molecule has 0 saturated heterocycles. The molecule has 1 aliphatic carbocycles. The summed E-state index contributed by atoms with van der Waals surface area (Å²) in [6.45, 7) is 5.88. The van der Waals surface area contributed by atoms with Gasteiger partial charge in [0.2, 0.25) is 5.91 Å². The van der Waals surface area contributed by atoms with Gasteiger partial charge in [0, 0.05) is 17.5 Å². The van der Waals surface area contributed by atoms with Gasteiger partial charge in [-0.05, 0) is 30.4 Å². The molecule has 3 N–H and O–H groups in total. The minimum absolute atomic E-state index is 0.0992. The zero-order valence-corrected chi connectivity index (χ0v) is 14.1. The number of nitrogens with two attached hydrogens (primary N) is 1. The van der Waals surface area contributed by atoms with Gasteiger partial charge in [-0.2, -0.15) is 0 Å². The third kappa shape index (κ3) is 3.71. The minimum atomic E-state index is -0.678.